The molecule has 0 saturated carbocycles. The Morgan fingerprint density at radius 3 is 1.01 bits per heavy atom. The molecule has 0 N–H and O–H groups in total. The van der Waals surface area contributed by atoms with Crippen LogP contribution in [-0.2, 0) is 16.2 Å². The lowest BCUT2D eigenvalue weighted by atomic mass is 9.65. The highest BCUT2D eigenvalue weighted by atomic mass is 16.3. The van der Waals surface area contributed by atoms with E-state index in [4.69, 9.17) is 4.42 Å². The lowest BCUT2D eigenvalue weighted by Crippen LogP contribution is -2.31. The number of hydrogen-bond acceptors (Lipinski definition) is 3. The van der Waals surface area contributed by atoms with Crippen molar-refractivity contribution < 1.29 is 4.42 Å². The quantitative estimate of drug-likeness (QED) is 0.0802. The van der Waals surface area contributed by atoms with Crippen LogP contribution >= 0.6 is 0 Å². The second kappa shape index (κ2) is 32.7. The molecular formula is C125H90N4O. The fraction of sp³-hybridized carbons (Fsp3) is 0.0400. The average Bonchev–Trinajstić information content (AvgIpc) is 1.56. The van der Waals surface area contributed by atoms with Crippen molar-refractivity contribution in [2.75, 3.05) is 9.80 Å². The Hall–Kier alpha value is -16.6. The topological polar surface area (TPSA) is 29.5 Å². The van der Waals surface area contributed by atoms with Crippen molar-refractivity contribution in [3.8, 4) is 44.8 Å². The van der Waals surface area contributed by atoms with Gasteiger partial charge in [0.05, 0.1) is 38.6 Å². The molecule has 0 unspecified atom stereocenters. The summed E-state index contributed by atoms with van der Waals surface area (Å²) in [5.41, 5.74) is 33.7. The zero-order chi connectivity index (χ0) is 86.7. The molecule has 1 aliphatic rings. The van der Waals surface area contributed by atoms with Crippen LogP contribution in [0.4, 0.5) is 34.1 Å². The Morgan fingerprint density at radius 1 is 0.215 bits per heavy atom. The van der Waals surface area contributed by atoms with Gasteiger partial charge in [0.2, 0.25) is 0 Å². The Morgan fingerprint density at radius 2 is 0.546 bits per heavy atom. The maximum absolute atomic E-state index is 6.50. The number of nitrogens with zero attached hydrogens (tertiary/aromatic N) is 4. The highest BCUT2D eigenvalue weighted by molar-refractivity contribution is 6.12. The first kappa shape index (κ1) is 78.1. The minimum Gasteiger partial charge on any atom is -0.456 e. The highest BCUT2D eigenvalue weighted by Crippen LogP contribution is 2.56. The van der Waals surface area contributed by atoms with Crippen LogP contribution in [0.3, 0.4) is 0 Å². The molecule has 0 atom stereocenters. The minimum absolute atomic E-state index is 0.145. The SMILES string of the molecule is CC1(C)c2ccccc2-c2c(N(c3ccc(C(c4ccccc4)(c4ccccc4)c4ccccc4)cc3)c3cccc(-c4ccc5c(c4)c4ccccc4n5-c4ccccc4)c3)cccc21.c1ccc(-n2c3ccccc3c3cc(-c4cccc(N(c5ccc(C(c6ccccc6)(c6ccccc6)c6ccccc6)cc5)c5ccc6c(c5)oc5ccccc56)c4)ccc32)cc1. The summed E-state index contributed by atoms with van der Waals surface area (Å²) in [6.45, 7) is 4.73. The average molecular weight is 1660 g/mol. The van der Waals surface area contributed by atoms with Crippen LogP contribution in [0.15, 0.2) is 514 Å². The van der Waals surface area contributed by atoms with Crippen molar-refractivity contribution in [2.24, 2.45) is 0 Å². The fourth-order valence-electron chi connectivity index (χ4n) is 21.2. The molecule has 616 valence electrons. The number of para-hydroxylation sites is 5. The van der Waals surface area contributed by atoms with Crippen LogP contribution in [0, 0.1) is 0 Å². The third-order valence-corrected chi connectivity index (χ3v) is 27.1. The third-order valence-electron chi connectivity index (χ3n) is 27.1. The molecule has 0 radical (unpaired) electrons. The van der Waals surface area contributed by atoms with Crippen LogP contribution in [0.5, 0.6) is 0 Å². The van der Waals surface area contributed by atoms with Gasteiger partial charge in [0.25, 0.3) is 0 Å². The van der Waals surface area contributed by atoms with E-state index in [2.05, 4.69) is 530 Å². The van der Waals surface area contributed by atoms with Crippen molar-refractivity contribution in [1.29, 1.82) is 0 Å². The predicted octanol–water partition coefficient (Wildman–Crippen LogP) is 32.8. The molecule has 24 rings (SSSR count). The zero-order valence-electron chi connectivity index (χ0n) is 72.2. The van der Waals surface area contributed by atoms with Crippen molar-refractivity contribution in [2.45, 2.75) is 30.1 Å². The van der Waals surface area contributed by atoms with Crippen molar-refractivity contribution in [1.82, 2.24) is 9.13 Å². The molecule has 0 amide bonds. The van der Waals surface area contributed by atoms with E-state index in [-0.39, 0.29) is 5.41 Å². The largest absolute Gasteiger partial charge is 0.456 e. The van der Waals surface area contributed by atoms with Gasteiger partial charge < -0.3 is 23.4 Å². The molecule has 0 aliphatic heterocycles. The number of aromatic nitrogens is 2. The molecule has 3 aromatic heterocycles. The molecule has 20 aromatic carbocycles. The standard InChI is InChI=1S/C64H48N2.C61H42N2O/c1-63(2)57-33-17-15-32-55(57)62-58(63)34-20-36-61(62)65(52-40-38-50(39-41-52)64(47-22-7-3-8-23-47,48-24-9-4-10-25-48)49-26-11-5-12-27-49)53-30-19-21-45(43-53)46-37-42-60-56(44-46)54-31-16-18-35-59(54)66(60)51-28-13-6-14-29-51;1-5-19-45(20-6-1)61(46-21-7-2-8-22-46,47-23-9-3-10-24-47)48-33-35-50(36-34-48)62(52-37-38-55-54-29-14-16-31-59(54)64-60(55)42-52)51-27-17-18-43(40-51)44-32-39-58-56(41-44)53-28-13-15-30-57(53)63(58)49-25-11-4-12-26-49/h3-44H,1-2H3;1-42H. The van der Waals surface area contributed by atoms with E-state index in [9.17, 15) is 0 Å². The van der Waals surface area contributed by atoms with Gasteiger partial charge in [0.1, 0.15) is 11.2 Å². The predicted molar refractivity (Wildman–Crippen MR) is 543 cm³/mol. The maximum atomic E-state index is 6.50. The Kier molecular flexibility index (Phi) is 19.7. The van der Waals surface area contributed by atoms with Gasteiger partial charge in [-0.3, -0.25) is 0 Å². The molecule has 5 heteroatoms. The van der Waals surface area contributed by atoms with Gasteiger partial charge >= 0.3 is 0 Å². The Labute approximate surface area is 757 Å². The lowest BCUT2D eigenvalue weighted by molar-refractivity contribution is 0.660. The van der Waals surface area contributed by atoms with Crippen molar-refractivity contribution in [3.63, 3.8) is 0 Å². The normalized spacial score (nSPS) is 12.3. The summed E-state index contributed by atoms with van der Waals surface area (Å²) in [6.07, 6.45) is 0. The molecule has 23 aromatic rings. The van der Waals surface area contributed by atoms with Gasteiger partial charge in [0.15, 0.2) is 0 Å². The monoisotopic (exact) mass is 1660 g/mol. The molecule has 130 heavy (non-hydrogen) atoms. The van der Waals surface area contributed by atoms with Gasteiger partial charge in [-0.15, -0.1) is 0 Å². The van der Waals surface area contributed by atoms with E-state index < -0.39 is 10.8 Å². The van der Waals surface area contributed by atoms with E-state index >= 15 is 0 Å². The lowest BCUT2D eigenvalue weighted by Gasteiger charge is -2.37. The van der Waals surface area contributed by atoms with Gasteiger partial charge in [-0.2, -0.15) is 0 Å². The van der Waals surface area contributed by atoms with E-state index in [1.807, 2.05) is 12.1 Å². The molecule has 0 saturated heterocycles. The van der Waals surface area contributed by atoms with E-state index in [1.54, 1.807) is 0 Å². The summed E-state index contributed by atoms with van der Waals surface area (Å²) in [5.74, 6) is 0. The summed E-state index contributed by atoms with van der Waals surface area (Å²) >= 11 is 0. The molecule has 1 aliphatic carbocycles. The summed E-state index contributed by atoms with van der Waals surface area (Å²) in [7, 11) is 0. The molecule has 3 heterocycles. The molecular weight excluding hydrogens is 1570 g/mol. The summed E-state index contributed by atoms with van der Waals surface area (Å²) in [5, 5.41) is 7.16. The van der Waals surface area contributed by atoms with Crippen LogP contribution in [-0.4, -0.2) is 9.13 Å². The number of hydrogen-bond donors (Lipinski definition) is 0. The first-order valence-electron chi connectivity index (χ1n) is 44.9. The number of anilines is 6. The Bertz CT molecular complexity index is 7890. The van der Waals surface area contributed by atoms with Crippen LogP contribution in [0.25, 0.3) is 110 Å². The van der Waals surface area contributed by atoms with Gasteiger partial charge in [-0.1, -0.05) is 384 Å². The minimum atomic E-state index is -0.553. The first-order valence-corrected chi connectivity index (χ1v) is 44.9. The number of fused-ring (bicyclic) bond motifs is 12. The van der Waals surface area contributed by atoms with Gasteiger partial charge in [0, 0.05) is 89.2 Å². The summed E-state index contributed by atoms with van der Waals surface area (Å²) in [4.78, 5) is 4.84. The zero-order valence-corrected chi connectivity index (χ0v) is 72.2. The second-order valence-corrected chi connectivity index (χ2v) is 34.6. The molecule has 0 spiro atoms. The third kappa shape index (κ3) is 13.2. The smallest absolute Gasteiger partial charge is 0.137 e. The summed E-state index contributed by atoms with van der Waals surface area (Å²) in [6, 6.07) is 186. The summed E-state index contributed by atoms with van der Waals surface area (Å²) < 4.78 is 11.3. The number of rotatable bonds is 18. The van der Waals surface area contributed by atoms with Crippen LogP contribution in [0.2, 0.25) is 0 Å². The van der Waals surface area contributed by atoms with E-state index in [0.717, 1.165) is 84.1 Å². The molecule has 0 bridgehead atoms. The molecule has 0 fully saturated rings. The van der Waals surface area contributed by atoms with Crippen molar-refractivity contribution >= 4 is 99.7 Å². The maximum Gasteiger partial charge on any atom is 0.137 e. The highest BCUT2D eigenvalue weighted by Gasteiger charge is 2.42. The van der Waals surface area contributed by atoms with Gasteiger partial charge in [-0.05, 0) is 217 Å². The van der Waals surface area contributed by atoms with Crippen molar-refractivity contribution in [3.05, 3.63) is 565 Å². The first-order chi connectivity index (χ1) is 64.2. The fourth-order valence-corrected chi connectivity index (χ4v) is 21.2. The van der Waals surface area contributed by atoms with Crippen LogP contribution in [0.1, 0.15) is 69.5 Å². The number of furan rings is 1. The number of benzene rings is 20. The molecule has 5 nitrogen and oxygen atoms in total. The van der Waals surface area contributed by atoms with E-state index in [0.29, 0.717) is 0 Å². The van der Waals surface area contributed by atoms with Crippen LogP contribution < -0.4 is 9.80 Å². The van der Waals surface area contributed by atoms with Gasteiger partial charge in [-0.25, -0.2) is 0 Å². The Balaban J connectivity index is 0.000000148. The second-order valence-electron chi connectivity index (χ2n) is 34.6. The van der Waals surface area contributed by atoms with E-state index in [1.165, 1.54) is 116 Å².